The molecule has 0 aliphatic rings. The highest BCUT2D eigenvalue weighted by Gasteiger charge is 2.16. The Bertz CT molecular complexity index is 1480. The van der Waals surface area contributed by atoms with Gasteiger partial charge in [0, 0.05) is 24.4 Å². The third kappa shape index (κ3) is 3.48. The summed E-state index contributed by atoms with van der Waals surface area (Å²) in [5, 5.41) is 14.9. The Morgan fingerprint density at radius 2 is 1.66 bits per heavy atom. The number of hydrogen-bond donors (Lipinski definition) is 0. The van der Waals surface area contributed by atoms with Gasteiger partial charge in [-0.1, -0.05) is 60.2 Å². The summed E-state index contributed by atoms with van der Waals surface area (Å²) in [6, 6.07) is 28.5. The van der Waals surface area contributed by atoms with Gasteiger partial charge >= 0.3 is 0 Å². The predicted octanol–water partition coefficient (Wildman–Crippen LogP) is 5.80. The summed E-state index contributed by atoms with van der Waals surface area (Å²) in [5.41, 5.74) is 7.17. The second-order valence-electron chi connectivity index (χ2n) is 7.73. The van der Waals surface area contributed by atoms with E-state index in [2.05, 4.69) is 37.3 Å². The first-order valence-corrected chi connectivity index (χ1v) is 10.4. The zero-order chi connectivity index (χ0) is 22.1. The molecule has 0 aliphatic carbocycles. The maximum Gasteiger partial charge on any atom is 0.151 e. The number of aromatic nitrogens is 4. The molecule has 0 aliphatic heterocycles. The van der Waals surface area contributed by atoms with Crippen molar-refractivity contribution in [1.29, 1.82) is 5.26 Å². The van der Waals surface area contributed by atoms with Gasteiger partial charge < -0.3 is 4.57 Å². The molecule has 0 unspecified atom stereocenters. The van der Waals surface area contributed by atoms with Gasteiger partial charge in [-0.3, -0.25) is 0 Å². The molecule has 2 heterocycles. The molecule has 2 aromatic heterocycles. The van der Waals surface area contributed by atoms with E-state index in [-0.39, 0.29) is 0 Å². The fraction of sp³-hybridized carbons (Fsp3) is 0.0741. The largest absolute Gasteiger partial charge is 0.327 e. The molecule has 0 spiro atoms. The van der Waals surface area contributed by atoms with Crippen LogP contribution in [0, 0.1) is 18.3 Å². The van der Waals surface area contributed by atoms with Crippen LogP contribution in [-0.4, -0.2) is 19.3 Å². The lowest BCUT2D eigenvalue weighted by Crippen LogP contribution is -1.96. The van der Waals surface area contributed by atoms with E-state index in [1.54, 1.807) is 0 Å². The number of nitriles is 1. The first-order valence-electron chi connectivity index (χ1n) is 10.4. The van der Waals surface area contributed by atoms with Crippen molar-refractivity contribution in [2.24, 2.45) is 7.05 Å². The van der Waals surface area contributed by atoms with Crippen LogP contribution in [0.15, 0.2) is 85.1 Å². The number of rotatable bonds is 4. The van der Waals surface area contributed by atoms with Gasteiger partial charge in [-0.25, -0.2) is 9.67 Å². The summed E-state index contributed by atoms with van der Waals surface area (Å²) in [6.07, 6.45) is 3.84. The lowest BCUT2D eigenvalue weighted by atomic mass is 10.0. The number of para-hydroxylation sites is 3. The number of aryl methyl sites for hydroxylation is 2. The molecule has 5 heteroatoms. The van der Waals surface area contributed by atoms with Gasteiger partial charge in [0.15, 0.2) is 5.82 Å². The molecule has 5 nitrogen and oxygen atoms in total. The highest BCUT2D eigenvalue weighted by molar-refractivity contribution is 5.93. The lowest BCUT2D eigenvalue weighted by Gasteiger charge is -2.02. The molecule has 0 saturated heterocycles. The van der Waals surface area contributed by atoms with Crippen LogP contribution < -0.4 is 0 Å². The Morgan fingerprint density at radius 1 is 0.938 bits per heavy atom. The highest BCUT2D eigenvalue weighted by Crippen LogP contribution is 2.29. The van der Waals surface area contributed by atoms with Crippen LogP contribution >= 0.6 is 0 Å². The van der Waals surface area contributed by atoms with Crippen molar-refractivity contribution < 1.29 is 0 Å². The molecule has 0 N–H and O–H groups in total. The Hall–Kier alpha value is -4.43. The van der Waals surface area contributed by atoms with E-state index in [4.69, 9.17) is 10.1 Å². The number of hydrogen-bond acceptors (Lipinski definition) is 3. The molecule has 5 aromatic rings. The Morgan fingerprint density at radius 3 is 2.38 bits per heavy atom. The van der Waals surface area contributed by atoms with Gasteiger partial charge in [0.2, 0.25) is 0 Å². The van der Waals surface area contributed by atoms with Crippen molar-refractivity contribution in [3.05, 3.63) is 102 Å². The standard InChI is InChI=1S/C27H21N5/c1-19-12-14-20(15-13-19)26-22(18-32(30-26)23-8-4-3-5-9-23)16-21(17-28)27-29-24-10-6-7-11-25(24)31(27)2/h3-16,18H,1-2H3/b21-16+. The minimum Gasteiger partial charge on any atom is -0.327 e. The monoisotopic (exact) mass is 415 g/mol. The minimum atomic E-state index is 0.490. The molecule has 0 amide bonds. The van der Waals surface area contributed by atoms with Crippen LogP contribution in [0.3, 0.4) is 0 Å². The molecular weight excluding hydrogens is 394 g/mol. The molecule has 5 rings (SSSR count). The van der Waals surface area contributed by atoms with Crippen molar-refractivity contribution in [2.75, 3.05) is 0 Å². The molecule has 0 bridgehead atoms. The quantitative estimate of drug-likeness (QED) is 0.349. The number of allylic oxidation sites excluding steroid dienone is 1. The summed E-state index contributed by atoms with van der Waals surface area (Å²) < 4.78 is 3.81. The second-order valence-corrected chi connectivity index (χ2v) is 7.73. The molecular formula is C27H21N5. The highest BCUT2D eigenvalue weighted by atomic mass is 15.3. The summed E-state index contributed by atoms with van der Waals surface area (Å²) in [6.45, 7) is 2.06. The van der Waals surface area contributed by atoms with E-state index < -0.39 is 0 Å². The maximum atomic E-state index is 10.0. The van der Waals surface area contributed by atoms with Crippen LogP contribution in [0.25, 0.3) is 39.6 Å². The number of nitrogens with zero attached hydrogens (tertiary/aromatic N) is 5. The van der Waals surface area contributed by atoms with Crippen molar-refractivity contribution >= 4 is 22.7 Å². The molecule has 154 valence electrons. The van der Waals surface area contributed by atoms with Crippen LogP contribution in [0.4, 0.5) is 0 Å². The first kappa shape index (κ1) is 19.5. The zero-order valence-corrected chi connectivity index (χ0v) is 17.9. The number of fused-ring (bicyclic) bond motifs is 1. The number of imidazole rings is 1. The summed E-state index contributed by atoms with van der Waals surface area (Å²) >= 11 is 0. The minimum absolute atomic E-state index is 0.490. The smallest absolute Gasteiger partial charge is 0.151 e. The first-order chi connectivity index (χ1) is 15.6. The Labute approximate surface area is 186 Å². The Kier molecular flexibility index (Phi) is 4.89. The second kappa shape index (κ2) is 8.01. The summed E-state index contributed by atoms with van der Waals surface area (Å²) in [4.78, 5) is 4.70. The third-order valence-corrected chi connectivity index (χ3v) is 5.54. The van der Waals surface area contributed by atoms with Gasteiger partial charge in [-0.15, -0.1) is 0 Å². The summed E-state index contributed by atoms with van der Waals surface area (Å²) in [7, 11) is 1.93. The summed E-state index contributed by atoms with van der Waals surface area (Å²) in [5.74, 6) is 0.635. The van der Waals surface area contributed by atoms with Crippen LogP contribution in [0.5, 0.6) is 0 Å². The normalized spacial score (nSPS) is 11.6. The van der Waals surface area contributed by atoms with Gasteiger partial charge in [0.05, 0.1) is 28.0 Å². The average molecular weight is 416 g/mol. The van der Waals surface area contributed by atoms with Crippen LogP contribution in [-0.2, 0) is 7.05 Å². The number of benzene rings is 3. The topological polar surface area (TPSA) is 59.4 Å². The fourth-order valence-electron chi connectivity index (χ4n) is 3.83. The SMILES string of the molecule is Cc1ccc(-c2nn(-c3ccccc3)cc2/C=C(\C#N)c2nc3ccccc3n2C)cc1. The molecule has 0 atom stereocenters. The van der Waals surface area contributed by atoms with Crippen LogP contribution in [0.2, 0.25) is 0 Å². The van der Waals surface area contributed by atoms with Crippen molar-refractivity contribution in [2.45, 2.75) is 6.92 Å². The van der Waals surface area contributed by atoms with E-state index in [0.29, 0.717) is 11.4 Å². The van der Waals surface area contributed by atoms with Crippen molar-refractivity contribution in [1.82, 2.24) is 19.3 Å². The third-order valence-electron chi connectivity index (χ3n) is 5.54. The van der Waals surface area contributed by atoms with E-state index in [1.807, 2.05) is 83.2 Å². The Balaban J connectivity index is 1.69. The molecule has 0 saturated carbocycles. The molecule has 32 heavy (non-hydrogen) atoms. The molecule has 0 radical (unpaired) electrons. The zero-order valence-electron chi connectivity index (χ0n) is 17.9. The van der Waals surface area contributed by atoms with Gasteiger partial charge in [0.25, 0.3) is 0 Å². The van der Waals surface area contributed by atoms with E-state index in [9.17, 15) is 5.26 Å². The maximum absolute atomic E-state index is 10.0. The molecule has 0 fully saturated rings. The van der Waals surface area contributed by atoms with E-state index in [1.165, 1.54) is 5.56 Å². The lowest BCUT2D eigenvalue weighted by molar-refractivity contribution is 0.884. The van der Waals surface area contributed by atoms with E-state index >= 15 is 0 Å². The van der Waals surface area contributed by atoms with Gasteiger partial charge in [0.1, 0.15) is 6.07 Å². The van der Waals surface area contributed by atoms with Crippen molar-refractivity contribution in [3.63, 3.8) is 0 Å². The van der Waals surface area contributed by atoms with Crippen molar-refractivity contribution in [3.8, 4) is 23.0 Å². The molecule has 3 aromatic carbocycles. The predicted molar refractivity (Wildman–Crippen MR) is 128 cm³/mol. The van der Waals surface area contributed by atoms with E-state index in [0.717, 1.165) is 33.5 Å². The van der Waals surface area contributed by atoms with Gasteiger partial charge in [-0.2, -0.15) is 10.4 Å². The fourth-order valence-corrected chi connectivity index (χ4v) is 3.83. The average Bonchev–Trinajstić information content (AvgIpc) is 3.40. The van der Waals surface area contributed by atoms with Crippen LogP contribution in [0.1, 0.15) is 17.0 Å². The van der Waals surface area contributed by atoms with Gasteiger partial charge in [-0.05, 0) is 37.3 Å².